The van der Waals surface area contributed by atoms with Crippen LogP contribution in [0.15, 0.2) is 29.2 Å². The minimum absolute atomic E-state index is 0.0790. The molecule has 14 heteroatoms. The summed E-state index contributed by atoms with van der Waals surface area (Å²) in [5.41, 5.74) is -2.00. The fraction of sp³-hybridized carbons (Fsp3) is 0.560. The molecule has 0 bridgehead atoms. The molecule has 1 N–H and O–H groups in total. The lowest BCUT2D eigenvalue weighted by Gasteiger charge is -2.30. The quantitative estimate of drug-likeness (QED) is 0.419. The first-order valence-electron chi connectivity index (χ1n) is 12.6. The molecule has 0 spiro atoms. The van der Waals surface area contributed by atoms with Crippen LogP contribution in [0.3, 0.4) is 0 Å². The van der Waals surface area contributed by atoms with Gasteiger partial charge in [0.2, 0.25) is 5.91 Å². The van der Waals surface area contributed by atoms with Crippen LogP contribution in [0.5, 0.6) is 0 Å². The van der Waals surface area contributed by atoms with Gasteiger partial charge in [-0.05, 0) is 57.2 Å². The summed E-state index contributed by atoms with van der Waals surface area (Å²) in [6, 6.07) is 4.07. The van der Waals surface area contributed by atoms with Crippen molar-refractivity contribution in [3.63, 3.8) is 0 Å². The van der Waals surface area contributed by atoms with E-state index in [4.69, 9.17) is 4.74 Å². The molecule has 1 aliphatic carbocycles. The highest BCUT2D eigenvalue weighted by atomic mass is 32.2. The molecule has 5 rings (SSSR count). The molecule has 3 fully saturated rings. The summed E-state index contributed by atoms with van der Waals surface area (Å²) < 4.78 is 89.3. The van der Waals surface area contributed by atoms with Crippen molar-refractivity contribution < 1.29 is 35.5 Å². The first kappa shape index (κ1) is 27.4. The molecule has 2 aromatic rings. The Kier molecular flexibility index (Phi) is 6.87. The fourth-order valence-electron chi connectivity index (χ4n) is 5.30. The van der Waals surface area contributed by atoms with Crippen LogP contribution < -0.4 is 10.2 Å². The first-order valence-corrected chi connectivity index (χ1v) is 14.1. The number of carbonyl (C=O) groups is 1. The van der Waals surface area contributed by atoms with Gasteiger partial charge in [0, 0.05) is 25.8 Å². The molecular weight excluding hydrogens is 542 g/mol. The van der Waals surface area contributed by atoms with Crippen LogP contribution in [-0.4, -0.2) is 60.7 Å². The number of ether oxygens (including phenoxy) is 1. The summed E-state index contributed by atoms with van der Waals surface area (Å²) >= 11 is 0. The van der Waals surface area contributed by atoms with Gasteiger partial charge < -0.3 is 15.0 Å². The van der Waals surface area contributed by atoms with E-state index in [-0.39, 0.29) is 25.1 Å². The number of rotatable bonds is 6. The molecule has 1 amide bonds. The highest BCUT2D eigenvalue weighted by Crippen LogP contribution is 2.41. The SMILES string of the molecule is Cc1cc(N2C[C@H](S(=O)(=O)c3ccc(F)cc3C(F)(F)F)C[C@H]2C(=O)NC2(C#N)CC2)n(C2CCOCC2)n1. The standard InChI is InChI=1S/C25H27F4N5O4S/c1-15-10-22(34(32-15)17-4-8-38-9-5-17)33-13-18(12-20(33)23(35)31-24(14-30)6-7-24)39(36,37)21-3-2-16(26)11-19(21)25(27,28)29/h2-3,10-11,17-18,20H,4-9,12-13H2,1H3,(H,31,35)/t18-,20+/m1/s1. The third kappa shape index (κ3) is 5.21. The first-order chi connectivity index (χ1) is 18.3. The Hall–Kier alpha value is -3.18. The van der Waals surface area contributed by atoms with E-state index in [0.29, 0.717) is 62.5 Å². The van der Waals surface area contributed by atoms with Crippen molar-refractivity contribution in [1.82, 2.24) is 15.1 Å². The number of aryl methyl sites for hydroxylation is 1. The summed E-state index contributed by atoms with van der Waals surface area (Å²) in [6.45, 7) is 2.46. The number of nitrogens with one attached hydrogen (secondary N) is 1. The zero-order valence-electron chi connectivity index (χ0n) is 21.0. The molecule has 2 atom stereocenters. The molecule has 210 valence electrons. The Morgan fingerprint density at radius 1 is 1.23 bits per heavy atom. The van der Waals surface area contributed by atoms with Gasteiger partial charge in [-0.2, -0.15) is 23.5 Å². The Balaban J connectivity index is 1.54. The molecule has 1 saturated carbocycles. The third-order valence-electron chi connectivity index (χ3n) is 7.55. The Labute approximate surface area is 222 Å². The van der Waals surface area contributed by atoms with Gasteiger partial charge in [-0.15, -0.1) is 0 Å². The van der Waals surface area contributed by atoms with Crippen molar-refractivity contribution in [3.05, 3.63) is 41.3 Å². The number of benzene rings is 1. The Morgan fingerprint density at radius 3 is 2.54 bits per heavy atom. The summed E-state index contributed by atoms with van der Waals surface area (Å²) in [5.74, 6) is -1.33. The smallest absolute Gasteiger partial charge is 0.381 e. The maximum absolute atomic E-state index is 13.7. The molecular formula is C25H27F4N5O4S. The normalized spacial score (nSPS) is 23.4. The molecule has 2 aliphatic heterocycles. The van der Waals surface area contributed by atoms with E-state index in [9.17, 15) is 36.0 Å². The molecule has 0 radical (unpaired) electrons. The van der Waals surface area contributed by atoms with Crippen LogP contribution in [0, 0.1) is 24.1 Å². The van der Waals surface area contributed by atoms with E-state index >= 15 is 0 Å². The van der Waals surface area contributed by atoms with E-state index in [2.05, 4.69) is 16.5 Å². The zero-order valence-corrected chi connectivity index (χ0v) is 21.9. The van der Waals surface area contributed by atoms with Gasteiger partial charge in [-0.3, -0.25) is 4.79 Å². The van der Waals surface area contributed by atoms with Gasteiger partial charge >= 0.3 is 6.18 Å². The number of amides is 1. The van der Waals surface area contributed by atoms with Crippen LogP contribution in [0.2, 0.25) is 0 Å². The zero-order chi connectivity index (χ0) is 28.2. The molecule has 9 nitrogen and oxygen atoms in total. The van der Waals surface area contributed by atoms with Crippen molar-refractivity contribution in [2.24, 2.45) is 0 Å². The van der Waals surface area contributed by atoms with Gasteiger partial charge in [0.05, 0.1) is 33.5 Å². The van der Waals surface area contributed by atoms with Crippen LogP contribution in [0.1, 0.15) is 49.4 Å². The summed E-state index contributed by atoms with van der Waals surface area (Å²) in [4.78, 5) is 14.0. The van der Waals surface area contributed by atoms with Gasteiger partial charge in [0.15, 0.2) is 9.84 Å². The maximum Gasteiger partial charge on any atom is 0.417 e. The van der Waals surface area contributed by atoms with Gasteiger partial charge in [0.1, 0.15) is 23.2 Å². The second-order valence-electron chi connectivity index (χ2n) is 10.3. The number of halogens is 4. The van der Waals surface area contributed by atoms with Crippen molar-refractivity contribution in [1.29, 1.82) is 5.26 Å². The molecule has 3 heterocycles. The summed E-state index contributed by atoms with van der Waals surface area (Å²) in [7, 11) is -4.66. The van der Waals surface area contributed by atoms with Gasteiger partial charge in [0.25, 0.3) is 0 Å². The number of hydrogen-bond donors (Lipinski definition) is 1. The molecule has 1 aromatic carbocycles. The van der Waals surface area contributed by atoms with Crippen molar-refractivity contribution in [2.75, 3.05) is 24.7 Å². The highest BCUT2D eigenvalue weighted by Gasteiger charge is 2.51. The molecule has 2 saturated heterocycles. The van der Waals surface area contributed by atoms with Crippen LogP contribution in [-0.2, 0) is 25.5 Å². The second-order valence-corrected chi connectivity index (χ2v) is 12.5. The number of carbonyl (C=O) groups excluding carboxylic acids is 1. The van der Waals surface area contributed by atoms with E-state index in [1.165, 1.54) is 0 Å². The van der Waals surface area contributed by atoms with Crippen molar-refractivity contribution in [3.8, 4) is 6.07 Å². The average Bonchev–Trinajstić information content (AvgIpc) is 3.32. The van der Waals surface area contributed by atoms with Crippen molar-refractivity contribution in [2.45, 2.75) is 73.0 Å². The lowest BCUT2D eigenvalue weighted by atomic mass is 10.1. The highest BCUT2D eigenvalue weighted by molar-refractivity contribution is 7.92. The number of sulfone groups is 1. The number of anilines is 1. The van der Waals surface area contributed by atoms with Crippen molar-refractivity contribution >= 4 is 21.6 Å². The minimum atomic E-state index is -5.11. The average molecular weight is 570 g/mol. The minimum Gasteiger partial charge on any atom is -0.381 e. The fourth-order valence-corrected chi connectivity index (χ4v) is 7.19. The Morgan fingerprint density at radius 2 is 1.92 bits per heavy atom. The second kappa shape index (κ2) is 9.78. The monoisotopic (exact) mass is 569 g/mol. The number of aromatic nitrogens is 2. The van der Waals surface area contributed by atoms with Crippen LogP contribution >= 0.6 is 0 Å². The number of alkyl halides is 3. The predicted octanol–water partition coefficient (Wildman–Crippen LogP) is 3.29. The predicted molar refractivity (Wildman–Crippen MR) is 130 cm³/mol. The third-order valence-corrected chi connectivity index (χ3v) is 9.74. The van der Waals surface area contributed by atoms with E-state index in [1.54, 1.807) is 22.6 Å². The molecule has 0 unspecified atom stereocenters. The maximum atomic E-state index is 13.7. The van der Waals surface area contributed by atoms with Gasteiger partial charge in [-0.1, -0.05) is 0 Å². The molecule has 3 aliphatic rings. The van der Waals surface area contributed by atoms with Crippen LogP contribution in [0.4, 0.5) is 23.4 Å². The van der Waals surface area contributed by atoms with E-state index in [1.807, 2.05) is 0 Å². The van der Waals surface area contributed by atoms with Gasteiger partial charge in [-0.25, -0.2) is 17.5 Å². The summed E-state index contributed by atoms with van der Waals surface area (Å²) in [5, 5.41) is 15.3. The molecule has 39 heavy (non-hydrogen) atoms. The summed E-state index contributed by atoms with van der Waals surface area (Å²) in [6.07, 6.45) is -3.24. The van der Waals surface area contributed by atoms with E-state index < -0.39 is 55.0 Å². The number of nitriles is 1. The van der Waals surface area contributed by atoms with E-state index in [0.717, 1.165) is 0 Å². The largest absolute Gasteiger partial charge is 0.417 e. The van der Waals surface area contributed by atoms with Crippen LogP contribution in [0.25, 0.3) is 0 Å². The lowest BCUT2D eigenvalue weighted by molar-refractivity contribution is -0.140. The topological polar surface area (TPSA) is 117 Å². The lowest BCUT2D eigenvalue weighted by Crippen LogP contribution is -2.48. The Bertz CT molecular complexity index is 1420. The molecule has 1 aromatic heterocycles. The number of hydrogen-bond acceptors (Lipinski definition) is 7. The number of nitrogens with zero attached hydrogens (tertiary/aromatic N) is 4.